The summed E-state index contributed by atoms with van der Waals surface area (Å²) in [5.41, 5.74) is 9.14. The summed E-state index contributed by atoms with van der Waals surface area (Å²) in [5.74, 6) is 0.879. The lowest BCUT2D eigenvalue weighted by Gasteiger charge is -2.39. The van der Waals surface area contributed by atoms with Crippen LogP contribution in [0.25, 0.3) is 0 Å². The van der Waals surface area contributed by atoms with Crippen LogP contribution in [0.3, 0.4) is 0 Å². The fourth-order valence-electron chi connectivity index (χ4n) is 2.90. The average molecular weight is 217 g/mol. The van der Waals surface area contributed by atoms with Gasteiger partial charge in [-0.1, -0.05) is 36.8 Å². The van der Waals surface area contributed by atoms with Crippen LogP contribution >= 0.6 is 0 Å². The van der Waals surface area contributed by atoms with Crippen LogP contribution in [0.4, 0.5) is 0 Å². The monoisotopic (exact) mass is 217 g/mol. The van der Waals surface area contributed by atoms with Crippen LogP contribution in [0.15, 0.2) is 24.3 Å². The molecule has 0 unspecified atom stereocenters. The third kappa shape index (κ3) is 2.15. The normalized spacial score (nSPS) is 30.3. The number of rotatable bonds is 2. The first kappa shape index (κ1) is 11.7. The summed E-state index contributed by atoms with van der Waals surface area (Å²) in [4.78, 5) is 0. The molecule has 1 aliphatic carbocycles. The molecule has 1 aromatic carbocycles. The highest BCUT2D eigenvalue weighted by Gasteiger charge is 2.34. The molecule has 1 aliphatic rings. The molecule has 0 radical (unpaired) electrons. The van der Waals surface area contributed by atoms with Crippen molar-refractivity contribution in [2.75, 3.05) is 6.54 Å². The van der Waals surface area contributed by atoms with E-state index in [1.165, 1.54) is 36.8 Å². The Balaban J connectivity index is 2.28. The van der Waals surface area contributed by atoms with Crippen molar-refractivity contribution in [3.8, 4) is 0 Å². The second-order valence-electron chi connectivity index (χ2n) is 5.54. The molecule has 2 N–H and O–H groups in total. The van der Waals surface area contributed by atoms with E-state index in [0.29, 0.717) is 0 Å². The Morgan fingerprint density at radius 2 is 2.00 bits per heavy atom. The average Bonchev–Trinajstić information content (AvgIpc) is 2.31. The van der Waals surface area contributed by atoms with Crippen LogP contribution in [0.2, 0.25) is 0 Å². The Morgan fingerprint density at radius 1 is 1.31 bits per heavy atom. The fourth-order valence-corrected chi connectivity index (χ4v) is 2.90. The predicted molar refractivity (Wildman–Crippen MR) is 69.5 cm³/mol. The zero-order chi connectivity index (χ0) is 11.6. The molecule has 0 spiro atoms. The first-order chi connectivity index (χ1) is 7.66. The van der Waals surface area contributed by atoms with Crippen molar-refractivity contribution < 1.29 is 0 Å². The smallest absolute Gasteiger partial charge is 0.00758 e. The second-order valence-corrected chi connectivity index (χ2v) is 5.54. The van der Waals surface area contributed by atoms with E-state index in [4.69, 9.17) is 5.73 Å². The molecule has 0 heterocycles. The maximum Gasteiger partial charge on any atom is 0.00758 e. The van der Waals surface area contributed by atoms with E-state index in [0.717, 1.165) is 12.5 Å². The van der Waals surface area contributed by atoms with Crippen molar-refractivity contribution in [3.05, 3.63) is 35.4 Å². The number of hydrogen-bond donors (Lipinski definition) is 1. The van der Waals surface area contributed by atoms with Gasteiger partial charge in [0.2, 0.25) is 0 Å². The van der Waals surface area contributed by atoms with Gasteiger partial charge in [-0.3, -0.25) is 0 Å². The molecule has 88 valence electrons. The fraction of sp³-hybridized carbons (Fsp3) is 0.600. The minimum absolute atomic E-state index is 0.262. The summed E-state index contributed by atoms with van der Waals surface area (Å²) >= 11 is 0. The van der Waals surface area contributed by atoms with Crippen molar-refractivity contribution in [1.82, 2.24) is 0 Å². The third-order valence-corrected chi connectivity index (χ3v) is 4.25. The molecule has 1 heteroatoms. The Morgan fingerprint density at radius 3 is 2.56 bits per heavy atom. The number of hydrogen-bond acceptors (Lipinski definition) is 1. The van der Waals surface area contributed by atoms with Crippen molar-refractivity contribution >= 4 is 0 Å². The highest BCUT2D eigenvalue weighted by atomic mass is 14.6. The van der Waals surface area contributed by atoms with Gasteiger partial charge in [-0.15, -0.1) is 0 Å². The van der Waals surface area contributed by atoms with E-state index in [1.807, 2.05) is 0 Å². The first-order valence-corrected chi connectivity index (χ1v) is 6.43. The van der Waals surface area contributed by atoms with Gasteiger partial charge in [0.15, 0.2) is 0 Å². The molecular formula is C15H23N. The SMILES string of the molecule is Cc1cccc(C2(CN)CCC(C)CC2)c1. The van der Waals surface area contributed by atoms with E-state index in [2.05, 4.69) is 38.1 Å². The summed E-state index contributed by atoms with van der Waals surface area (Å²) in [6.45, 7) is 5.32. The maximum absolute atomic E-state index is 6.07. The van der Waals surface area contributed by atoms with E-state index in [1.54, 1.807) is 0 Å². The van der Waals surface area contributed by atoms with E-state index < -0.39 is 0 Å². The highest BCUT2D eigenvalue weighted by Crippen LogP contribution is 2.40. The molecule has 16 heavy (non-hydrogen) atoms. The zero-order valence-corrected chi connectivity index (χ0v) is 10.5. The van der Waals surface area contributed by atoms with Gasteiger partial charge in [0, 0.05) is 12.0 Å². The van der Waals surface area contributed by atoms with Crippen LogP contribution in [-0.2, 0) is 5.41 Å². The lowest BCUT2D eigenvalue weighted by molar-refractivity contribution is 0.247. The summed E-state index contributed by atoms with van der Waals surface area (Å²) in [5, 5.41) is 0. The van der Waals surface area contributed by atoms with Crippen LogP contribution in [0.1, 0.15) is 43.7 Å². The molecule has 1 aromatic rings. The number of nitrogens with two attached hydrogens (primary N) is 1. The zero-order valence-electron chi connectivity index (χ0n) is 10.5. The largest absolute Gasteiger partial charge is 0.330 e. The highest BCUT2D eigenvalue weighted by molar-refractivity contribution is 5.30. The Kier molecular flexibility index (Phi) is 3.34. The number of benzene rings is 1. The Hall–Kier alpha value is -0.820. The summed E-state index contributed by atoms with van der Waals surface area (Å²) in [7, 11) is 0. The maximum atomic E-state index is 6.07. The van der Waals surface area contributed by atoms with Crippen molar-refractivity contribution in [1.29, 1.82) is 0 Å². The Bertz CT molecular complexity index is 348. The summed E-state index contributed by atoms with van der Waals surface area (Å²) in [6.07, 6.45) is 5.17. The molecule has 2 rings (SSSR count). The molecular weight excluding hydrogens is 194 g/mol. The molecule has 1 fully saturated rings. The van der Waals surface area contributed by atoms with Gasteiger partial charge in [0.25, 0.3) is 0 Å². The van der Waals surface area contributed by atoms with Gasteiger partial charge in [0.1, 0.15) is 0 Å². The summed E-state index contributed by atoms with van der Waals surface area (Å²) in [6, 6.07) is 8.91. The van der Waals surface area contributed by atoms with Crippen LogP contribution in [0.5, 0.6) is 0 Å². The minimum atomic E-state index is 0.262. The van der Waals surface area contributed by atoms with Crippen molar-refractivity contribution in [2.24, 2.45) is 11.7 Å². The third-order valence-electron chi connectivity index (χ3n) is 4.25. The van der Waals surface area contributed by atoms with E-state index in [9.17, 15) is 0 Å². The molecule has 0 aromatic heterocycles. The van der Waals surface area contributed by atoms with Gasteiger partial charge in [0.05, 0.1) is 0 Å². The van der Waals surface area contributed by atoms with Crippen LogP contribution < -0.4 is 5.73 Å². The second kappa shape index (κ2) is 4.58. The number of aryl methyl sites for hydroxylation is 1. The predicted octanol–water partition coefficient (Wildman–Crippen LogP) is 3.40. The standard InChI is InChI=1S/C15H23N/c1-12-6-8-15(11-16,9-7-12)14-5-3-4-13(2)10-14/h3-5,10,12H,6-9,11,16H2,1-2H3. The molecule has 0 bridgehead atoms. The van der Waals surface area contributed by atoms with Crippen LogP contribution in [0, 0.1) is 12.8 Å². The molecule has 0 aliphatic heterocycles. The van der Waals surface area contributed by atoms with Crippen molar-refractivity contribution in [3.63, 3.8) is 0 Å². The van der Waals surface area contributed by atoms with Crippen molar-refractivity contribution in [2.45, 2.75) is 44.9 Å². The van der Waals surface area contributed by atoms with Crippen LogP contribution in [-0.4, -0.2) is 6.54 Å². The molecule has 1 saturated carbocycles. The topological polar surface area (TPSA) is 26.0 Å². The lowest BCUT2D eigenvalue weighted by atomic mass is 9.67. The molecule has 1 nitrogen and oxygen atoms in total. The van der Waals surface area contributed by atoms with E-state index >= 15 is 0 Å². The van der Waals surface area contributed by atoms with Gasteiger partial charge in [-0.25, -0.2) is 0 Å². The van der Waals surface area contributed by atoms with Gasteiger partial charge >= 0.3 is 0 Å². The van der Waals surface area contributed by atoms with Gasteiger partial charge < -0.3 is 5.73 Å². The van der Waals surface area contributed by atoms with Gasteiger partial charge in [-0.2, -0.15) is 0 Å². The Labute approximate surface area is 99.0 Å². The summed E-state index contributed by atoms with van der Waals surface area (Å²) < 4.78 is 0. The first-order valence-electron chi connectivity index (χ1n) is 6.43. The lowest BCUT2D eigenvalue weighted by Crippen LogP contribution is -2.38. The molecule has 0 atom stereocenters. The molecule has 0 saturated heterocycles. The quantitative estimate of drug-likeness (QED) is 0.807. The molecule has 0 amide bonds. The van der Waals surface area contributed by atoms with Gasteiger partial charge in [-0.05, 0) is 44.1 Å². The van der Waals surface area contributed by atoms with E-state index in [-0.39, 0.29) is 5.41 Å². The minimum Gasteiger partial charge on any atom is -0.330 e.